The molecule has 0 radical (unpaired) electrons. The number of aryl methyl sites for hydroxylation is 2. The fourth-order valence-corrected chi connectivity index (χ4v) is 2.61. The van der Waals surface area contributed by atoms with Crippen LogP contribution in [0.1, 0.15) is 27.2 Å². The van der Waals surface area contributed by atoms with Crippen LogP contribution in [0.25, 0.3) is 10.9 Å². The van der Waals surface area contributed by atoms with Crippen LogP contribution in [0.4, 0.5) is 0 Å². The summed E-state index contributed by atoms with van der Waals surface area (Å²) in [5.41, 5.74) is 4.32. The van der Waals surface area contributed by atoms with Gasteiger partial charge >= 0.3 is 0 Å². The summed E-state index contributed by atoms with van der Waals surface area (Å²) in [6, 6.07) is 11.4. The smallest absolute Gasteiger partial charge is 0.252 e. The van der Waals surface area contributed by atoms with Gasteiger partial charge in [0.25, 0.3) is 5.91 Å². The van der Waals surface area contributed by atoms with Crippen molar-refractivity contribution in [3.8, 4) is 5.88 Å². The van der Waals surface area contributed by atoms with E-state index in [4.69, 9.17) is 4.74 Å². The minimum absolute atomic E-state index is 0.119. The number of carbonyl (C=O) groups is 1. The molecule has 0 spiro atoms. The Morgan fingerprint density at radius 1 is 1.17 bits per heavy atom. The largest absolute Gasteiger partial charge is 0.481 e. The average molecular weight is 321 g/mol. The third-order valence-electron chi connectivity index (χ3n) is 3.80. The summed E-state index contributed by atoms with van der Waals surface area (Å²) in [6.45, 7) is 4.31. The standard InChI is InChI=1S/C19H19N3O2/c1-12-4-5-17-15(8-12)16(9-13(2)22-17)19(23)21-11-14-6-7-20-18(10-14)24-3/h4-10H,11H2,1-3H3,(H,21,23). The number of benzene rings is 1. The van der Waals surface area contributed by atoms with Gasteiger partial charge in [0.15, 0.2) is 0 Å². The zero-order chi connectivity index (χ0) is 17.1. The fraction of sp³-hybridized carbons (Fsp3) is 0.211. The Morgan fingerprint density at radius 2 is 2.00 bits per heavy atom. The Bertz CT molecular complexity index is 906. The highest BCUT2D eigenvalue weighted by molar-refractivity contribution is 6.06. The molecule has 0 atom stereocenters. The van der Waals surface area contributed by atoms with E-state index in [9.17, 15) is 4.79 Å². The molecule has 0 aliphatic carbocycles. The highest BCUT2D eigenvalue weighted by Gasteiger charge is 2.12. The SMILES string of the molecule is COc1cc(CNC(=O)c2cc(C)nc3ccc(C)cc23)ccn1. The van der Waals surface area contributed by atoms with Crippen LogP contribution in [-0.2, 0) is 6.54 Å². The van der Waals surface area contributed by atoms with Gasteiger partial charge in [-0.2, -0.15) is 0 Å². The van der Waals surface area contributed by atoms with Gasteiger partial charge in [0.05, 0.1) is 18.2 Å². The minimum atomic E-state index is -0.119. The lowest BCUT2D eigenvalue weighted by atomic mass is 10.0. The number of nitrogens with zero attached hydrogens (tertiary/aromatic N) is 2. The van der Waals surface area contributed by atoms with Gasteiger partial charge in [0, 0.05) is 29.9 Å². The lowest BCUT2D eigenvalue weighted by molar-refractivity contribution is 0.0952. The molecule has 2 heterocycles. The Kier molecular flexibility index (Phi) is 4.42. The van der Waals surface area contributed by atoms with Crippen LogP contribution < -0.4 is 10.1 Å². The van der Waals surface area contributed by atoms with Gasteiger partial charge in [-0.25, -0.2) is 4.98 Å². The number of hydrogen-bond donors (Lipinski definition) is 1. The van der Waals surface area contributed by atoms with Crippen LogP contribution in [0.5, 0.6) is 5.88 Å². The number of amides is 1. The first kappa shape index (κ1) is 15.9. The molecule has 5 heteroatoms. The third kappa shape index (κ3) is 3.35. The van der Waals surface area contributed by atoms with E-state index < -0.39 is 0 Å². The van der Waals surface area contributed by atoms with Crippen molar-refractivity contribution < 1.29 is 9.53 Å². The van der Waals surface area contributed by atoms with E-state index in [2.05, 4.69) is 15.3 Å². The van der Waals surface area contributed by atoms with E-state index in [1.165, 1.54) is 0 Å². The molecule has 1 amide bonds. The molecule has 1 aromatic carbocycles. The predicted molar refractivity (Wildman–Crippen MR) is 93.2 cm³/mol. The van der Waals surface area contributed by atoms with Gasteiger partial charge in [-0.05, 0) is 43.7 Å². The number of rotatable bonds is 4. The topological polar surface area (TPSA) is 64.1 Å². The number of pyridine rings is 2. The van der Waals surface area contributed by atoms with Gasteiger partial charge in [0.1, 0.15) is 0 Å². The normalized spacial score (nSPS) is 10.6. The van der Waals surface area contributed by atoms with E-state index in [0.29, 0.717) is 18.0 Å². The van der Waals surface area contributed by atoms with Gasteiger partial charge < -0.3 is 10.1 Å². The molecule has 1 N–H and O–H groups in total. The summed E-state index contributed by atoms with van der Waals surface area (Å²) in [4.78, 5) is 21.2. The summed E-state index contributed by atoms with van der Waals surface area (Å²) in [7, 11) is 1.57. The summed E-state index contributed by atoms with van der Waals surface area (Å²) in [5, 5.41) is 3.82. The molecule has 0 saturated heterocycles. The van der Waals surface area contributed by atoms with Crippen LogP contribution in [0, 0.1) is 13.8 Å². The molecule has 0 aliphatic heterocycles. The number of carbonyl (C=O) groups excluding carboxylic acids is 1. The highest BCUT2D eigenvalue weighted by atomic mass is 16.5. The van der Waals surface area contributed by atoms with E-state index >= 15 is 0 Å². The van der Waals surface area contributed by atoms with Crippen LogP contribution >= 0.6 is 0 Å². The summed E-state index contributed by atoms with van der Waals surface area (Å²) in [5.74, 6) is 0.412. The zero-order valence-electron chi connectivity index (χ0n) is 14.0. The molecule has 0 saturated carbocycles. The van der Waals surface area contributed by atoms with Crippen molar-refractivity contribution in [2.24, 2.45) is 0 Å². The maximum Gasteiger partial charge on any atom is 0.252 e. The summed E-state index contributed by atoms with van der Waals surface area (Å²) in [6.07, 6.45) is 1.66. The average Bonchev–Trinajstić information content (AvgIpc) is 2.59. The summed E-state index contributed by atoms with van der Waals surface area (Å²) >= 11 is 0. The molecule has 3 rings (SSSR count). The number of hydrogen-bond acceptors (Lipinski definition) is 4. The first-order valence-corrected chi connectivity index (χ1v) is 7.72. The van der Waals surface area contributed by atoms with Crippen molar-refractivity contribution in [3.63, 3.8) is 0 Å². The fourth-order valence-electron chi connectivity index (χ4n) is 2.61. The maximum atomic E-state index is 12.7. The Hall–Kier alpha value is -2.95. The van der Waals surface area contributed by atoms with Crippen LogP contribution in [0.2, 0.25) is 0 Å². The quantitative estimate of drug-likeness (QED) is 0.801. The Balaban J connectivity index is 1.87. The Labute approximate surface area is 140 Å². The molecule has 3 aromatic rings. The number of nitrogens with one attached hydrogen (secondary N) is 1. The van der Waals surface area contributed by atoms with Crippen LogP contribution in [-0.4, -0.2) is 23.0 Å². The van der Waals surface area contributed by atoms with E-state index in [-0.39, 0.29) is 5.91 Å². The van der Waals surface area contributed by atoms with E-state index in [1.807, 2.05) is 44.2 Å². The van der Waals surface area contributed by atoms with Crippen molar-refractivity contribution in [3.05, 3.63) is 65.0 Å². The van der Waals surface area contributed by atoms with Crippen molar-refractivity contribution >= 4 is 16.8 Å². The third-order valence-corrected chi connectivity index (χ3v) is 3.80. The van der Waals surface area contributed by atoms with E-state index in [0.717, 1.165) is 27.7 Å². The van der Waals surface area contributed by atoms with Crippen LogP contribution in [0.3, 0.4) is 0 Å². The molecular weight excluding hydrogens is 302 g/mol. The highest BCUT2D eigenvalue weighted by Crippen LogP contribution is 2.20. The van der Waals surface area contributed by atoms with Crippen molar-refractivity contribution in [1.82, 2.24) is 15.3 Å². The first-order valence-electron chi connectivity index (χ1n) is 7.72. The maximum absolute atomic E-state index is 12.7. The second-order valence-electron chi connectivity index (χ2n) is 5.72. The number of methoxy groups -OCH3 is 1. The molecule has 0 unspecified atom stereocenters. The minimum Gasteiger partial charge on any atom is -0.481 e. The van der Waals surface area contributed by atoms with Crippen molar-refractivity contribution in [2.45, 2.75) is 20.4 Å². The molecule has 0 bridgehead atoms. The molecule has 5 nitrogen and oxygen atoms in total. The van der Waals surface area contributed by atoms with Gasteiger partial charge in [-0.3, -0.25) is 9.78 Å². The Morgan fingerprint density at radius 3 is 2.79 bits per heavy atom. The zero-order valence-corrected chi connectivity index (χ0v) is 14.0. The first-order chi connectivity index (χ1) is 11.6. The number of ether oxygens (including phenoxy) is 1. The van der Waals surface area contributed by atoms with Crippen molar-refractivity contribution in [2.75, 3.05) is 7.11 Å². The molecule has 0 fully saturated rings. The van der Waals surface area contributed by atoms with E-state index in [1.54, 1.807) is 19.4 Å². The van der Waals surface area contributed by atoms with Gasteiger partial charge in [-0.15, -0.1) is 0 Å². The van der Waals surface area contributed by atoms with Crippen molar-refractivity contribution in [1.29, 1.82) is 0 Å². The molecule has 2 aromatic heterocycles. The monoisotopic (exact) mass is 321 g/mol. The number of fused-ring (bicyclic) bond motifs is 1. The van der Waals surface area contributed by atoms with Gasteiger partial charge in [0.2, 0.25) is 5.88 Å². The second kappa shape index (κ2) is 6.66. The molecule has 122 valence electrons. The molecular formula is C19H19N3O2. The van der Waals surface area contributed by atoms with Gasteiger partial charge in [-0.1, -0.05) is 11.6 Å². The lowest BCUT2D eigenvalue weighted by Crippen LogP contribution is -2.23. The molecule has 24 heavy (non-hydrogen) atoms. The van der Waals surface area contributed by atoms with Crippen LogP contribution in [0.15, 0.2) is 42.6 Å². The predicted octanol–water partition coefficient (Wildman–Crippen LogP) is 3.19. The molecule has 0 aliphatic rings. The lowest BCUT2D eigenvalue weighted by Gasteiger charge is -2.10. The number of aromatic nitrogens is 2. The second-order valence-corrected chi connectivity index (χ2v) is 5.72. The summed E-state index contributed by atoms with van der Waals surface area (Å²) < 4.78 is 5.10.